The van der Waals surface area contributed by atoms with Gasteiger partial charge in [-0.15, -0.1) is 0 Å². The summed E-state index contributed by atoms with van der Waals surface area (Å²) in [4.78, 5) is 23.6. The Kier molecular flexibility index (Phi) is 5.63. The Morgan fingerprint density at radius 3 is 2.65 bits per heavy atom. The molecule has 6 heteroatoms. The number of fused-ring (bicyclic) bond motifs is 1. The number of carboxylic acids is 1. The molecule has 2 N–H and O–H groups in total. The fraction of sp³-hybridized carbons (Fsp3) is 0.300. The van der Waals surface area contributed by atoms with E-state index >= 15 is 0 Å². The molecule has 0 spiro atoms. The van der Waals surface area contributed by atoms with Gasteiger partial charge in [-0.1, -0.05) is 36.4 Å². The number of hydrogen-bond donors (Lipinski definition) is 2. The first-order chi connectivity index (χ1) is 12.5. The average Bonchev–Trinajstić information content (AvgIpc) is 2.62. The van der Waals surface area contributed by atoms with Gasteiger partial charge in [0.2, 0.25) is 5.91 Å². The summed E-state index contributed by atoms with van der Waals surface area (Å²) >= 11 is 0. The summed E-state index contributed by atoms with van der Waals surface area (Å²) in [6, 6.07) is 12.6. The minimum absolute atomic E-state index is 0.105. The highest BCUT2D eigenvalue weighted by Gasteiger charge is 2.25. The van der Waals surface area contributed by atoms with Crippen molar-refractivity contribution >= 4 is 11.9 Å². The summed E-state index contributed by atoms with van der Waals surface area (Å²) in [5.74, 6) is -1.76. The van der Waals surface area contributed by atoms with Crippen LogP contribution in [0.5, 0.6) is 0 Å². The Labute approximate surface area is 150 Å². The highest BCUT2D eigenvalue weighted by molar-refractivity contribution is 5.78. The van der Waals surface area contributed by atoms with Crippen LogP contribution in [0.3, 0.4) is 0 Å². The summed E-state index contributed by atoms with van der Waals surface area (Å²) in [5, 5.41) is 11.9. The Morgan fingerprint density at radius 2 is 1.92 bits per heavy atom. The van der Waals surface area contributed by atoms with E-state index in [1.807, 2.05) is 24.3 Å². The maximum atomic E-state index is 13.1. The molecule has 2 aromatic rings. The van der Waals surface area contributed by atoms with Crippen LogP contribution < -0.4 is 5.32 Å². The van der Waals surface area contributed by atoms with Gasteiger partial charge < -0.3 is 15.2 Å². The first-order valence-electron chi connectivity index (χ1n) is 8.49. The van der Waals surface area contributed by atoms with Crippen molar-refractivity contribution in [1.82, 2.24) is 5.32 Å². The second kappa shape index (κ2) is 8.10. The quantitative estimate of drug-likeness (QED) is 0.833. The van der Waals surface area contributed by atoms with Crippen LogP contribution in [0.25, 0.3) is 0 Å². The number of carbonyl (C=O) groups is 2. The molecule has 26 heavy (non-hydrogen) atoms. The molecule has 0 aromatic heterocycles. The van der Waals surface area contributed by atoms with E-state index in [-0.39, 0.29) is 24.9 Å². The van der Waals surface area contributed by atoms with E-state index in [1.165, 1.54) is 24.3 Å². The third-order valence-corrected chi connectivity index (χ3v) is 4.45. The minimum Gasteiger partial charge on any atom is -0.481 e. The molecule has 3 rings (SSSR count). The Hall–Kier alpha value is -2.73. The fourth-order valence-electron chi connectivity index (χ4n) is 3.19. The van der Waals surface area contributed by atoms with Gasteiger partial charge in [0, 0.05) is 0 Å². The zero-order valence-corrected chi connectivity index (χ0v) is 14.2. The molecule has 0 saturated heterocycles. The number of amides is 1. The molecule has 1 heterocycles. The fourth-order valence-corrected chi connectivity index (χ4v) is 3.19. The van der Waals surface area contributed by atoms with E-state index < -0.39 is 17.8 Å². The molecule has 0 bridgehead atoms. The van der Waals surface area contributed by atoms with E-state index in [1.54, 1.807) is 0 Å². The normalized spacial score (nSPS) is 17.2. The molecule has 0 radical (unpaired) electrons. The van der Waals surface area contributed by atoms with Gasteiger partial charge in [0.15, 0.2) is 0 Å². The maximum absolute atomic E-state index is 13.1. The van der Waals surface area contributed by atoms with Crippen LogP contribution in [0.15, 0.2) is 48.5 Å². The topological polar surface area (TPSA) is 75.6 Å². The number of halogens is 1. The van der Waals surface area contributed by atoms with Crippen molar-refractivity contribution in [2.24, 2.45) is 0 Å². The molecular formula is C20H20FNO4. The first kappa shape index (κ1) is 18.1. The van der Waals surface area contributed by atoms with Crippen LogP contribution in [0, 0.1) is 5.82 Å². The van der Waals surface area contributed by atoms with Gasteiger partial charge in [0.25, 0.3) is 0 Å². The van der Waals surface area contributed by atoms with Gasteiger partial charge >= 0.3 is 5.97 Å². The second-order valence-electron chi connectivity index (χ2n) is 6.28. The molecule has 0 fully saturated rings. The average molecular weight is 357 g/mol. The number of benzene rings is 2. The van der Waals surface area contributed by atoms with Crippen molar-refractivity contribution in [1.29, 1.82) is 0 Å². The molecule has 136 valence electrons. The van der Waals surface area contributed by atoms with Gasteiger partial charge in [-0.2, -0.15) is 0 Å². The number of rotatable bonds is 6. The van der Waals surface area contributed by atoms with Crippen molar-refractivity contribution < 1.29 is 23.8 Å². The molecule has 1 aliphatic heterocycles. The van der Waals surface area contributed by atoms with E-state index in [4.69, 9.17) is 9.84 Å². The summed E-state index contributed by atoms with van der Waals surface area (Å²) in [6.45, 7) is 0.547. The van der Waals surface area contributed by atoms with Crippen molar-refractivity contribution in [3.8, 4) is 0 Å². The summed E-state index contributed by atoms with van der Waals surface area (Å²) in [5.41, 5.74) is 2.70. The molecule has 1 aliphatic rings. The smallest absolute Gasteiger partial charge is 0.305 e. The molecule has 2 aromatic carbocycles. The number of ether oxygens (including phenoxy) is 1. The van der Waals surface area contributed by atoms with E-state index in [2.05, 4.69) is 5.32 Å². The Bertz CT molecular complexity index is 791. The lowest BCUT2D eigenvalue weighted by Crippen LogP contribution is -2.32. The number of hydrogen-bond acceptors (Lipinski definition) is 3. The number of carboxylic acid groups (broad SMARTS) is 1. The van der Waals surface area contributed by atoms with Crippen molar-refractivity contribution in [3.63, 3.8) is 0 Å². The lowest BCUT2D eigenvalue weighted by atomic mass is 9.95. The van der Waals surface area contributed by atoms with Crippen LogP contribution in [0.4, 0.5) is 4.39 Å². The highest BCUT2D eigenvalue weighted by atomic mass is 19.1. The molecule has 0 unspecified atom stereocenters. The molecule has 2 atom stereocenters. The zero-order valence-electron chi connectivity index (χ0n) is 14.2. The predicted octanol–water partition coefficient (Wildman–Crippen LogP) is 3.16. The molecule has 5 nitrogen and oxygen atoms in total. The molecule has 0 aliphatic carbocycles. The number of carbonyl (C=O) groups excluding carboxylic acids is 1. The third kappa shape index (κ3) is 4.46. The lowest BCUT2D eigenvalue weighted by Gasteiger charge is -2.26. The van der Waals surface area contributed by atoms with Gasteiger partial charge in [0.05, 0.1) is 31.6 Å². The summed E-state index contributed by atoms with van der Waals surface area (Å²) in [7, 11) is 0. The van der Waals surface area contributed by atoms with Crippen LogP contribution >= 0.6 is 0 Å². The Morgan fingerprint density at radius 1 is 1.19 bits per heavy atom. The van der Waals surface area contributed by atoms with Gasteiger partial charge in [-0.05, 0) is 35.2 Å². The first-order valence-corrected chi connectivity index (χ1v) is 8.49. The van der Waals surface area contributed by atoms with Crippen LogP contribution in [0.2, 0.25) is 0 Å². The van der Waals surface area contributed by atoms with E-state index in [9.17, 15) is 14.0 Å². The van der Waals surface area contributed by atoms with Gasteiger partial charge in [-0.25, -0.2) is 4.39 Å². The highest BCUT2D eigenvalue weighted by Crippen LogP contribution is 2.29. The monoisotopic (exact) mass is 357 g/mol. The van der Waals surface area contributed by atoms with E-state index in [0.29, 0.717) is 12.2 Å². The largest absolute Gasteiger partial charge is 0.481 e. The summed E-state index contributed by atoms with van der Waals surface area (Å²) in [6.07, 6.45) is 0.290. The number of nitrogens with one attached hydrogen (secondary N) is 1. The third-order valence-electron chi connectivity index (χ3n) is 4.45. The van der Waals surface area contributed by atoms with Crippen molar-refractivity contribution in [2.45, 2.75) is 31.4 Å². The predicted molar refractivity (Wildman–Crippen MR) is 93.0 cm³/mol. The zero-order chi connectivity index (χ0) is 18.5. The maximum Gasteiger partial charge on any atom is 0.305 e. The van der Waals surface area contributed by atoms with Crippen LogP contribution in [0.1, 0.15) is 41.7 Å². The lowest BCUT2D eigenvalue weighted by molar-refractivity contribution is -0.137. The number of aliphatic carboxylic acids is 1. The van der Waals surface area contributed by atoms with Gasteiger partial charge in [0.1, 0.15) is 5.82 Å². The van der Waals surface area contributed by atoms with Crippen LogP contribution in [-0.2, 0) is 20.7 Å². The SMILES string of the molecule is O=C(O)C[C@H](NC(=O)C[C@H]1OCCc2ccccc21)c1ccc(F)cc1. The molecular weight excluding hydrogens is 337 g/mol. The standard InChI is InChI=1S/C20H20FNO4/c21-15-7-5-14(6-8-15)17(11-20(24)25)22-19(23)12-18-16-4-2-1-3-13(16)9-10-26-18/h1-8,17-18H,9-12H2,(H,22,23)(H,24,25)/t17-,18+/m0/s1. The summed E-state index contributed by atoms with van der Waals surface area (Å²) < 4.78 is 18.8. The van der Waals surface area contributed by atoms with Crippen LogP contribution in [-0.4, -0.2) is 23.6 Å². The minimum atomic E-state index is -1.04. The van der Waals surface area contributed by atoms with Gasteiger partial charge in [-0.3, -0.25) is 9.59 Å². The Balaban J connectivity index is 1.70. The van der Waals surface area contributed by atoms with E-state index in [0.717, 1.165) is 17.5 Å². The molecule has 0 saturated carbocycles. The van der Waals surface area contributed by atoms with Crippen molar-refractivity contribution in [2.75, 3.05) is 6.61 Å². The second-order valence-corrected chi connectivity index (χ2v) is 6.28. The molecule has 1 amide bonds. The van der Waals surface area contributed by atoms with Crippen molar-refractivity contribution in [3.05, 3.63) is 71.0 Å².